The molecule has 0 radical (unpaired) electrons. The number of rotatable bonds is 3. The minimum absolute atomic E-state index is 0.0851. The fourth-order valence-corrected chi connectivity index (χ4v) is 1.68. The van der Waals surface area contributed by atoms with Crippen LogP contribution in [0.2, 0.25) is 0 Å². The van der Waals surface area contributed by atoms with Crippen LogP contribution in [0, 0.1) is 0 Å². The topological polar surface area (TPSA) is 98.5 Å². The lowest BCUT2D eigenvalue weighted by molar-refractivity contribution is 0.100. The van der Waals surface area contributed by atoms with E-state index in [4.69, 9.17) is 11.5 Å². The smallest absolute Gasteiger partial charge is 0.280 e. The average molecular weight is 247 g/mol. The van der Waals surface area contributed by atoms with Gasteiger partial charge in [-0.15, -0.1) is 0 Å². The third kappa shape index (κ3) is 3.16. The fraction of sp³-hybridized carbons (Fsp3) is 0.308. The van der Waals surface area contributed by atoms with Crippen molar-refractivity contribution in [3.05, 3.63) is 34.9 Å². The van der Waals surface area contributed by atoms with E-state index in [0.29, 0.717) is 11.1 Å². The van der Waals surface area contributed by atoms with Crippen LogP contribution in [-0.2, 0) is 0 Å². The highest BCUT2D eigenvalue weighted by molar-refractivity contribution is 6.04. The van der Waals surface area contributed by atoms with Gasteiger partial charge in [0.05, 0.1) is 0 Å². The molecule has 0 atom stereocenters. The quantitative estimate of drug-likeness (QED) is 0.479. The summed E-state index contributed by atoms with van der Waals surface area (Å²) in [5.74, 6) is -0.723. The molecule has 0 saturated carbocycles. The third-order valence-electron chi connectivity index (χ3n) is 2.53. The van der Waals surface area contributed by atoms with E-state index >= 15 is 0 Å². The number of amides is 1. The highest BCUT2D eigenvalue weighted by Crippen LogP contribution is 2.21. The van der Waals surface area contributed by atoms with Gasteiger partial charge in [0, 0.05) is 11.1 Å². The number of ketones is 1. The number of hydrogen-bond donors (Lipinski definition) is 2. The van der Waals surface area contributed by atoms with Crippen molar-refractivity contribution in [3.63, 3.8) is 0 Å². The van der Waals surface area contributed by atoms with Gasteiger partial charge in [0.25, 0.3) is 5.91 Å². The van der Waals surface area contributed by atoms with Gasteiger partial charge in [0.15, 0.2) is 11.7 Å². The third-order valence-corrected chi connectivity index (χ3v) is 2.53. The summed E-state index contributed by atoms with van der Waals surface area (Å²) < 4.78 is 0. The molecule has 5 heteroatoms. The molecule has 96 valence electrons. The number of carbonyl (C=O) groups is 2. The van der Waals surface area contributed by atoms with Gasteiger partial charge >= 0.3 is 0 Å². The Morgan fingerprint density at radius 1 is 1.22 bits per heavy atom. The van der Waals surface area contributed by atoms with Crippen molar-refractivity contribution in [2.45, 2.75) is 26.7 Å². The predicted octanol–water partition coefficient (Wildman–Crippen LogP) is 1.43. The molecule has 0 unspecified atom stereocenters. The monoisotopic (exact) mass is 247 g/mol. The normalized spacial score (nSPS) is 10.2. The molecule has 1 aromatic rings. The number of aliphatic imine (C=N–C) groups is 1. The minimum atomic E-state index is -0.548. The van der Waals surface area contributed by atoms with E-state index in [2.05, 4.69) is 4.99 Å². The van der Waals surface area contributed by atoms with Crippen LogP contribution in [0.5, 0.6) is 0 Å². The molecule has 0 aliphatic carbocycles. The van der Waals surface area contributed by atoms with Crippen LogP contribution in [0.1, 0.15) is 53.0 Å². The maximum absolute atomic E-state index is 11.7. The van der Waals surface area contributed by atoms with Gasteiger partial charge in [-0.05, 0) is 30.5 Å². The largest absolute Gasteiger partial charge is 0.370 e. The van der Waals surface area contributed by atoms with E-state index in [0.717, 1.165) is 5.56 Å². The van der Waals surface area contributed by atoms with Crippen molar-refractivity contribution < 1.29 is 9.59 Å². The van der Waals surface area contributed by atoms with Crippen LogP contribution in [0.4, 0.5) is 0 Å². The molecule has 0 aliphatic heterocycles. The van der Waals surface area contributed by atoms with Gasteiger partial charge in [-0.2, -0.15) is 4.99 Å². The number of hydrogen-bond acceptors (Lipinski definition) is 2. The number of benzene rings is 1. The lowest BCUT2D eigenvalue weighted by Gasteiger charge is -2.11. The van der Waals surface area contributed by atoms with Gasteiger partial charge in [0.1, 0.15) is 0 Å². The van der Waals surface area contributed by atoms with E-state index in [1.807, 2.05) is 13.8 Å². The molecular formula is C13H17N3O2. The number of carbonyl (C=O) groups excluding carboxylic acids is 2. The fourth-order valence-electron chi connectivity index (χ4n) is 1.68. The Bertz CT molecular complexity index is 515. The Balaban J connectivity index is 3.28. The highest BCUT2D eigenvalue weighted by Gasteiger charge is 2.14. The lowest BCUT2D eigenvalue weighted by Crippen LogP contribution is -2.24. The SMILES string of the molecule is CC(=O)c1cc(C(=O)N=C(N)N)ccc1C(C)C. The Labute approximate surface area is 106 Å². The molecule has 1 rings (SSSR count). The zero-order chi connectivity index (χ0) is 13.9. The van der Waals surface area contributed by atoms with Crippen molar-refractivity contribution in [2.24, 2.45) is 16.5 Å². The van der Waals surface area contributed by atoms with Gasteiger partial charge < -0.3 is 11.5 Å². The molecule has 5 nitrogen and oxygen atoms in total. The van der Waals surface area contributed by atoms with Crippen LogP contribution in [-0.4, -0.2) is 17.6 Å². The van der Waals surface area contributed by atoms with Gasteiger partial charge in [0.2, 0.25) is 0 Å². The summed E-state index contributed by atoms with van der Waals surface area (Å²) in [6, 6.07) is 4.92. The number of Topliss-reactive ketones (excluding diaryl/α,β-unsaturated/α-hetero) is 1. The standard InChI is InChI=1S/C13H17N3O2/c1-7(2)10-5-4-9(6-11(10)8(3)17)12(18)16-13(14)15/h4-7H,1-3H3,(H4,14,15,16,18). The maximum atomic E-state index is 11.7. The Kier molecular flexibility index (Phi) is 4.20. The van der Waals surface area contributed by atoms with Gasteiger partial charge in [-0.25, -0.2) is 0 Å². The van der Waals surface area contributed by atoms with E-state index in [9.17, 15) is 9.59 Å². The first kappa shape index (κ1) is 13.9. The Hall–Kier alpha value is -2.17. The summed E-state index contributed by atoms with van der Waals surface area (Å²) in [5, 5.41) is 0. The zero-order valence-corrected chi connectivity index (χ0v) is 10.7. The molecule has 1 aromatic carbocycles. The molecule has 0 aromatic heterocycles. The zero-order valence-electron chi connectivity index (χ0n) is 10.7. The van der Waals surface area contributed by atoms with Crippen molar-refractivity contribution >= 4 is 17.6 Å². The summed E-state index contributed by atoms with van der Waals surface area (Å²) in [5.41, 5.74) is 12.0. The number of guanidine groups is 1. The predicted molar refractivity (Wildman–Crippen MR) is 70.7 cm³/mol. The first-order valence-corrected chi connectivity index (χ1v) is 5.61. The molecule has 0 bridgehead atoms. The minimum Gasteiger partial charge on any atom is -0.370 e. The van der Waals surface area contributed by atoms with Crippen LogP contribution >= 0.6 is 0 Å². The summed E-state index contributed by atoms with van der Waals surface area (Å²) in [6.45, 7) is 5.44. The Morgan fingerprint density at radius 2 is 1.83 bits per heavy atom. The molecular weight excluding hydrogens is 230 g/mol. The first-order chi connectivity index (χ1) is 8.32. The average Bonchev–Trinajstić information content (AvgIpc) is 2.26. The molecule has 0 aliphatic rings. The summed E-state index contributed by atoms with van der Waals surface area (Å²) >= 11 is 0. The van der Waals surface area contributed by atoms with Crippen molar-refractivity contribution in [1.82, 2.24) is 0 Å². The molecule has 1 amide bonds. The highest BCUT2D eigenvalue weighted by atomic mass is 16.1. The number of nitrogens with two attached hydrogens (primary N) is 2. The van der Waals surface area contributed by atoms with Crippen molar-refractivity contribution in [2.75, 3.05) is 0 Å². The molecule has 0 saturated heterocycles. The van der Waals surface area contributed by atoms with E-state index < -0.39 is 5.91 Å². The summed E-state index contributed by atoms with van der Waals surface area (Å²) in [7, 11) is 0. The maximum Gasteiger partial charge on any atom is 0.280 e. The second-order valence-corrected chi connectivity index (χ2v) is 4.35. The van der Waals surface area contributed by atoms with Crippen LogP contribution < -0.4 is 11.5 Å². The molecule has 4 N–H and O–H groups in total. The van der Waals surface area contributed by atoms with Crippen molar-refractivity contribution in [1.29, 1.82) is 0 Å². The lowest BCUT2D eigenvalue weighted by atomic mass is 9.93. The molecule has 18 heavy (non-hydrogen) atoms. The summed E-state index contributed by atoms with van der Waals surface area (Å²) in [4.78, 5) is 26.7. The first-order valence-electron chi connectivity index (χ1n) is 5.61. The van der Waals surface area contributed by atoms with Crippen LogP contribution in [0.3, 0.4) is 0 Å². The van der Waals surface area contributed by atoms with E-state index in [-0.39, 0.29) is 17.7 Å². The molecule has 0 spiro atoms. The van der Waals surface area contributed by atoms with Crippen LogP contribution in [0.25, 0.3) is 0 Å². The number of nitrogens with zero attached hydrogens (tertiary/aromatic N) is 1. The Morgan fingerprint density at radius 3 is 2.28 bits per heavy atom. The van der Waals surface area contributed by atoms with E-state index in [1.165, 1.54) is 13.0 Å². The second-order valence-electron chi connectivity index (χ2n) is 4.35. The summed E-state index contributed by atoms with van der Waals surface area (Å²) in [6.07, 6.45) is 0. The molecule has 0 fully saturated rings. The molecule has 0 heterocycles. The van der Waals surface area contributed by atoms with Crippen molar-refractivity contribution in [3.8, 4) is 0 Å². The van der Waals surface area contributed by atoms with E-state index in [1.54, 1.807) is 12.1 Å². The van der Waals surface area contributed by atoms with Gasteiger partial charge in [-0.3, -0.25) is 9.59 Å². The van der Waals surface area contributed by atoms with Gasteiger partial charge in [-0.1, -0.05) is 19.9 Å². The second kappa shape index (κ2) is 5.44. The van der Waals surface area contributed by atoms with Crippen LogP contribution in [0.15, 0.2) is 23.2 Å².